The van der Waals surface area contributed by atoms with Crippen LogP contribution in [0.1, 0.15) is 29.2 Å². The van der Waals surface area contributed by atoms with E-state index in [-0.39, 0.29) is 5.15 Å². The van der Waals surface area contributed by atoms with E-state index in [0.29, 0.717) is 29.0 Å². The first kappa shape index (κ1) is 19.7. The molecule has 150 valence electrons. The first-order valence-corrected chi connectivity index (χ1v) is 11.3. The third kappa shape index (κ3) is 3.80. The van der Waals surface area contributed by atoms with Gasteiger partial charge in [-0.05, 0) is 30.7 Å². The second kappa shape index (κ2) is 7.31. The van der Waals surface area contributed by atoms with Crippen LogP contribution in [0.2, 0.25) is 5.15 Å². The van der Waals surface area contributed by atoms with Crippen molar-refractivity contribution >= 4 is 38.2 Å². The molecule has 2 heterocycles. The Balaban J connectivity index is 1.80. The van der Waals surface area contributed by atoms with Crippen molar-refractivity contribution in [1.82, 2.24) is 9.40 Å². The molecule has 0 fully saturated rings. The van der Waals surface area contributed by atoms with Crippen LogP contribution in [0.3, 0.4) is 0 Å². The van der Waals surface area contributed by atoms with Crippen molar-refractivity contribution in [3.05, 3.63) is 70.4 Å². The van der Waals surface area contributed by atoms with Crippen molar-refractivity contribution in [2.24, 2.45) is 5.10 Å². The van der Waals surface area contributed by atoms with E-state index in [1.54, 1.807) is 13.2 Å². The number of fused-ring (bicyclic) bond motifs is 1. The zero-order valence-electron chi connectivity index (χ0n) is 16.3. The molecule has 3 aromatic rings. The van der Waals surface area contributed by atoms with E-state index in [4.69, 9.17) is 16.3 Å². The lowest BCUT2D eigenvalue weighted by atomic mass is 9.98. The summed E-state index contributed by atoms with van der Waals surface area (Å²) in [7, 11) is -2.01. The number of benzene rings is 2. The van der Waals surface area contributed by atoms with E-state index in [1.165, 1.54) is 0 Å². The van der Waals surface area contributed by atoms with Crippen molar-refractivity contribution in [1.29, 1.82) is 0 Å². The average molecular weight is 430 g/mol. The number of hydrogen-bond acceptors (Lipinski definition) is 5. The van der Waals surface area contributed by atoms with Crippen molar-refractivity contribution in [2.45, 2.75) is 19.4 Å². The first-order valence-electron chi connectivity index (χ1n) is 9.04. The van der Waals surface area contributed by atoms with E-state index in [2.05, 4.69) is 10.1 Å². The SMILES string of the molecule is COc1ccc2cc(C3CC(c4cccc(C)c4)=NN3S(C)(=O)=O)c(Cl)nc2c1. The quantitative estimate of drug-likeness (QED) is 0.579. The molecule has 0 spiro atoms. The van der Waals surface area contributed by atoms with Crippen LogP contribution in [0.15, 0.2) is 53.6 Å². The number of nitrogens with zero attached hydrogens (tertiary/aromatic N) is 3. The van der Waals surface area contributed by atoms with E-state index < -0.39 is 16.1 Å². The first-order chi connectivity index (χ1) is 13.8. The van der Waals surface area contributed by atoms with Gasteiger partial charge >= 0.3 is 0 Å². The Labute approximate surface area is 174 Å². The Hall–Kier alpha value is -2.64. The number of rotatable bonds is 4. The highest BCUT2D eigenvalue weighted by Gasteiger charge is 2.36. The van der Waals surface area contributed by atoms with Crippen molar-refractivity contribution in [3.8, 4) is 5.75 Å². The lowest BCUT2D eigenvalue weighted by Crippen LogP contribution is -2.26. The van der Waals surface area contributed by atoms with Gasteiger partial charge in [0.25, 0.3) is 0 Å². The zero-order valence-corrected chi connectivity index (χ0v) is 17.8. The minimum atomic E-state index is -3.59. The molecule has 8 heteroatoms. The highest BCUT2D eigenvalue weighted by atomic mass is 35.5. The zero-order chi connectivity index (χ0) is 20.8. The Morgan fingerprint density at radius 2 is 1.97 bits per heavy atom. The van der Waals surface area contributed by atoms with E-state index >= 15 is 0 Å². The monoisotopic (exact) mass is 429 g/mol. The summed E-state index contributed by atoms with van der Waals surface area (Å²) < 4.78 is 31.3. The number of aryl methyl sites for hydroxylation is 1. The van der Waals surface area contributed by atoms with Gasteiger partial charge in [-0.2, -0.15) is 9.52 Å². The predicted molar refractivity (Wildman–Crippen MR) is 115 cm³/mol. The molecular formula is C21H20ClN3O3S. The number of aromatic nitrogens is 1. The lowest BCUT2D eigenvalue weighted by Gasteiger charge is -2.22. The number of pyridine rings is 1. The molecule has 6 nitrogen and oxygen atoms in total. The molecule has 29 heavy (non-hydrogen) atoms. The molecule has 0 aliphatic carbocycles. The van der Waals surface area contributed by atoms with Crippen LogP contribution >= 0.6 is 11.6 Å². The molecule has 0 bridgehead atoms. The van der Waals surface area contributed by atoms with Gasteiger partial charge < -0.3 is 4.74 Å². The van der Waals surface area contributed by atoms with Crippen LogP contribution in [0.5, 0.6) is 5.75 Å². The fourth-order valence-electron chi connectivity index (χ4n) is 3.53. The van der Waals surface area contributed by atoms with Gasteiger partial charge in [0.05, 0.1) is 30.6 Å². The number of methoxy groups -OCH3 is 1. The van der Waals surface area contributed by atoms with Crippen LogP contribution in [0, 0.1) is 6.92 Å². The van der Waals surface area contributed by atoms with Crippen molar-refractivity contribution in [2.75, 3.05) is 13.4 Å². The van der Waals surface area contributed by atoms with Crippen molar-refractivity contribution in [3.63, 3.8) is 0 Å². The fourth-order valence-corrected chi connectivity index (χ4v) is 4.69. The predicted octanol–water partition coefficient (Wildman–Crippen LogP) is 4.32. The Kier molecular flexibility index (Phi) is 4.96. The molecule has 1 aliphatic rings. The van der Waals surface area contributed by atoms with Gasteiger partial charge in [-0.15, -0.1) is 0 Å². The van der Waals surface area contributed by atoms with Gasteiger partial charge in [0.15, 0.2) is 0 Å². The number of halogens is 1. The molecule has 0 saturated carbocycles. The molecule has 0 radical (unpaired) electrons. The van der Waals surface area contributed by atoms with Gasteiger partial charge in [-0.3, -0.25) is 0 Å². The molecule has 1 unspecified atom stereocenters. The maximum absolute atomic E-state index is 12.5. The normalized spacial score (nSPS) is 16.9. The van der Waals surface area contributed by atoms with Crippen molar-refractivity contribution < 1.29 is 13.2 Å². The summed E-state index contributed by atoms with van der Waals surface area (Å²) in [4.78, 5) is 4.47. The molecule has 1 aliphatic heterocycles. The number of ether oxygens (including phenoxy) is 1. The molecule has 0 saturated heterocycles. The fraction of sp³-hybridized carbons (Fsp3) is 0.238. The Morgan fingerprint density at radius 3 is 2.66 bits per heavy atom. The number of hydrogen-bond donors (Lipinski definition) is 0. The van der Waals surface area contributed by atoms with E-state index in [9.17, 15) is 8.42 Å². The third-order valence-electron chi connectivity index (χ3n) is 4.93. The lowest BCUT2D eigenvalue weighted by molar-refractivity contribution is 0.374. The minimum absolute atomic E-state index is 0.255. The van der Waals surface area contributed by atoms with Gasteiger partial charge in [-0.1, -0.05) is 41.4 Å². The summed E-state index contributed by atoms with van der Waals surface area (Å²) in [6.07, 6.45) is 1.56. The molecule has 1 aromatic heterocycles. The summed E-state index contributed by atoms with van der Waals surface area (Å²) >= 11 is 6.49. The van der Waals surface area contributed by atoms with Crippen LogP contribution in [-0.4, -0.2) is 36.9 Å². The molecule has 0 N–H and O–H groups in total. The maximum Gasteiger partial charge on any atom is 0.247 e. The van der Waals surface area contributed by atoms with E-state index in [1.807, 2.05) is 49.4 Å². The van der Waals surface area contributed by atoms with Crippen LogP contribution in [-0.2, 0) is 10.0 Å². The van der Waals surface area contributed by atoms with E-state index in [0.717, 1.165) is 27.2 Å². The van der Waals surface area contributed by atoms with Crippen LogP contribution in [0.25, 0.3) is 10.9 Å². The van der Waals surface area contributed by atoms with Crippen LogP contribution < -0.4 is 4.74 Å². The highest BCUT2D eigenvalue weighted by molar-refractivity contribution is 7.88. The third-order valence-corrected chi connectivity index (χ3v) is 6.25. The topological polar surface area (TPSA) is 71.9 Å². The minimum Gasteiger partial charge on any atom is -0.497 e. The molecule has 4 rings (SSSR count). The maximum atomic E-state index is 12.5. The standard InChI is InChI=1S/C21H20ClN3O3S/c1-13-5-4-6-14(9-13)19-12-20(25(24-19)29(3,26)27)17-10-15-7-8-16(28-2)11-18(15)23-21(17)22/h4-11,20H,12H2,1-3H3. The van der Waals surface area contributed by atoms with Gasteiger partial charge in [-0.25, -0.2) is 13.4 Å². The summed E-state index contributed by atoms with van der Waals surface area (Å²) in [5.74, 6) is 0.678. The Morgan fingerprint density at radius 1 is 1.17 bits per heavy atom. The summed E-state index contributed by atoms with van der Waals surface area (Å²) in [6.45, 7) is 1.99. The smallest absolute Gasteiger partial charge is 0.247 e. The van der Waals surface area contributed by atoms with Gasteiger partial charge in [0.1, 0.15) is 10.9 Å². The van der Waals surface area contributed by atoms with Crippen LogP contribution in [0.4, 0.5) is 0 Å². The second-order valence-electron chi connectivity index (χ2n) is 7.10. The number of hydrazone groups is 1. The summed E-state index contributed by atoms with van der Waals surface area (Å²) in [5.41, 5.74) is 3.99. The van der Waals surface area contributed by atoms with Gasteiger partial charge in [0, 0.05) is 23.4 Å². The summed E-state index contributed by atoms with van der Waals surface area (Å²) in [5, 5.41) is 5.54. The Bertz CT molecular complexity index is 1240. The second-order valence-corrected chi connectivity index (χ2v) is 9.30. The van der Waals surface area contributed by atoms with Gasteiger partial charge in [0.2, 0.25) is 10.0 Å². The number of sulfonamides is 1. The average Bonchev–Trinajstić information content (AvgIpc) is 3.12. The highest BCUT2D eigenvalue weighted by Crippen LogP contribution is 2.38. The molecule has 2 aromatic carbocycles. The summed E-state index contributed by atoms with van der Waals surface area (Å²) in [6, 6.07) is 14.7. The largest absolute Gasteiger partial charge is 0.497 e. The molecule has 0 amide bonds. The molecule has 1 atom stereocenters. The molecular weight excluding hydrogens is 410 g/mol.